The average Bonchev–Trinajstić information content (AvgIpc) is 2.97. The fourth-order valence-electron chi connectivity index (χ4n) is 3.28. The molecule has 1 saturated heterocycles. The Morgan fingerprint density at radius 1 is 1.48 bits per heavy atom. The fourth-order valence-corrected chi connectivity index (χ4v) is 4.18. The number of halogens is 1. The number of carbonyl (C=O) groups is 1. The Hall–Kier alpha value is -1.86. The van der Waals surface area contributed by atoms with Gasteiger partial charge < -0.3 is 5.32 Å². The van der Waals surface area contributed by atoms with Crippen LogP contribution in [0.1, 0.15) is 36.0 Å². The van der Waals surface area contributed by atoms with Crippen molar-refractivity contribution in [1.29, 1.82) is 0 Å². The number of piperidine rings is 1. The minimum atomic E-state index is -0.241. The van der Waals surface area contributed by atoms with E-state index in [1.165, 1.54) is 30.7 Å². The second-order valence-electron chi connectivity index (χ2n) is 6.63. The number of pyridine rings is 1. The second-order valence-corrected chi connectivity index (χ2v) is 7.75. The number of aromatic nitrogens is 2. The van der Waals surface area contributed by atoms with Crippen LogP contribution >= 0.6 is 11.3 Å². The third kappa shape index (κ3) is 5.06. The van der Waals surface area contributed by atoms with Crippen molar-refractivity contribution < 1.29 is 9.18 Å². The molecule has 0 bridgehead atoms. The zero-order valence-electron chi connectivity index (χ0n) is 14.6. The molecule has 134 valence electrons. The van der Waals surface area contributed by atoms with Crippen molar-refractivity contribution in [2.75, 3.05) is 18.4 Å². The van der Waals surface area contributed by atoms with Crippen molar-refractivity contribution in [1.82, 2.24) is 14.9 Å². The lowest BCUT2D eigenvalue weighted by Crippen LogP contribution is -2.35. The van der Waals surface area contributed by atoms with Crippen LogP contribution in [0.2, 0.25) is 0 Å². The van der Waals surface area contributed by atoms with Crippen LogP contribution < -0.4 is 5.32 Å². The first kappa shape index (κ1) is 17.9. The molecule has 0 radical (unpaired) electrons. The number of rotatable bonds is 5. The Kier molecular flexibility index (Phi) is 5.75. The molecule has 3 heterocycles. The van der Waals surface area contributed by atoms with E-state index in [1.54, 1.807) is 13.0 Å². The van der Waals surface area contributed by atoms with Crippen LogP contribution in [-0.2, 0) is 17.8 Å². The Morgan fingerprint density at radius 3 is 3.08 bits per heavy atom. The maximum atomic E-state index is 13.4. The lowest BCUT2D eigenvalue weighted by atomic mass is 9.93. The standard InChI is InChI=1S/C18H23FN4OS/c1-12-17(19)6-5-15(21-12)8-14-4-3-7-23(10-14)11-16-9-20-18(25-16)22-13(2)24/h5-6,9,14H,3-4,7-8,10-11H2,1-2H3,(H,20,22,24). The first-order valence-electron chi connectivity index (χ1n) is 8.56. The van der Waals surface area contributed by atoms with Crippen molar-refractivity contribution in [3.05, 3.63) is 40.4 Å². The number of thiazole rings is 1. The average molecular weight is 362 g/mol. The molecule has 1 unspecified atom stereocenters. The summed E-state index contributed by atoms with van der Waals surface area (Å²) in [4.78, 5) is 23.3. The van der Waals surface area contributed by atoms with Crippen LogP contribution in [0.5, 0.6) is 0 Å². The molecule has 0 aromatic carbocycles. The van der Waals surface area contributed by atoms with E-state index in [0.29, 0.717) is 16.7 Å². The molecule has 7 heteroatoms. The Bertz CT molecular complexity index is 748. The molecule has 0 aliphatic carbocycles. The summed E-state index contributed by atoms with van der Waals surface area (Å²) in [6.07, 6.45) is 5.05. The molecule has 1 atom stereocenters. The van der Waals surface area contributed by atoms with Crippen molar-refractivity contribution >= 4 is 22.4 Å². The third-order valence-corrected chi connectivity index (χ3v) is 5.29. The smallest absolute Gasteiger partial charge is 0.223 e. The highest BCUT2D eigenvalue weighted by Gasteiger charge is 2.21. The van der Waals surface area contributed by atoms with Gasteiger partial charge in [0, 0.05) is 36.8 Å². The molecule has 2 aromatic rings. The van der Waals surface area contributed by atoms with Crippen LogP contribution in [0.25, 0.3) is 0 Å². The molecule has 1 amide bonds. The lowest BCUT2D eigenvalue weighted by Gasteiger charge is -2.32. The predicted molar refractivity (Wildman–Crippen MR) is 97.1 cm³/mol. The molecule has 0 saturated carbocycles. The molecule has 1 N–H and O–H groups in total. The molecule has 1 fully saturated rings. The molecule has 5 nitrogen and oxygen atoms in total. The van der Waals surface area contributed by atoms with Gasteiger partial charge >= 0.3 is 0 Å². The van der Waals surface area contributed by atoms with Gasteiger partial charge in [0.15, 0.2) is 5.13 Å². The van der Waals surface area contributed by atoms with E-state index in [2.05, 4.69) is 20.2 Å². The van der Waals surface area contributed by atoms with Gasteiger partial charge in [-0.2, -0.15) is 0 Å². The number of anilines is 1. The number of amides is 1. The first-order valence-corrected chi connectivity index (χ1v) is 9.38. The van der Waals surface area contributed by atoms with E-state index < -0.39 is 0 Å². The number of hydrogen-bond donors (Lipinski definition) is 1. The monoisotopic (exact) mass is 362 g/mol. The van der Waals surface area contributed by atoms with E-state index in [1.807, 2.05) is 6.20 Å². The maximum absolute atomic E-state index is 13.4. The van der Waals surface area contributed by atoms with E-state index >= 15 is 0 Å². The predicted octanol–water partition coefficient (Wildman–Crippen LogP) is 3.40. The van der Waals surface area contributed by atoms with Gasteiger partial charge in [-0.05, 0) is 50.8 Å². The maximum Gasteiger partial charge on any atom is 0.223 e. The zero-order chi connectivity index (χ0) is 17.8. The highest BCUT2D eigenvalue weighted by molar-refractivity contribution is 7.15. The molecule has 3 rings (SSSR count). The first-order chi connectivity index (χ1) is 12.0. The number of aryl methyl sites for hydroxylation is 1. The third-order valence-electron chi connectivity index (χ3n) is 4.40. The van der Waals surface area contributed by atoms with Gasteiger partial charge in [-0.25, -0.2) is 9.37 Å². The van der Waals surface area contributed by atoms with Gasteiger partial charge in [-0.15, -0.1) is 11.3 Å². The number of nitrogens with zero attached hydrogens (tertiary/aromatic N) is 3. The topological polar surface area (TPSA) is 58.1 Å². The van der Waals surface area contributed by atoms with Crippen LogP contribution in [-0.4, -0.2) is 33.9 Å². The molecule has 25 heavy (non-hydrogen) atoms. The van der Waals surface area contributed by atoms with Gasteiger partial charge in [0.25, 0.3) is 0 Å². The van der Waals surface area contributed by atoms with E-state index in [-0.39, 0.29) is 11.7 Å². The number of likely N-dealkylation sites (tertiary alicyclic amines) is 1. The Morgan fingerprint density at radius 2 is 2.32 bits per heavy atom. The molecular formula is C18H23FN4OS. The summed E-state index contributed by atoms with van der Waals surface area (Å²) < 4.78 is 13.4. The second kappa shape index (κ2) is 8.01. The lowest BCUT2D eigenvalue weighted by molar-refractivity contribution is -0.114. The molecule has 1 aliphatic heterocycles. The van der Waals surface area contributed by atoms with E-state index in [4.69, 9.17) is 0 Å². The molecule has 2 aromatic heterocycles. The summed E-state index contributed by atoms with van der Waals surface area (Å²) in [7, 11) is 0. The highest BCUT2D eigenvalue weighted by Crippen LogP contribution is 2.25. The van der Waals surface area contributed by atoms with Gasteiger partial charge in [-0.1, -0.05) is 0 Å². The Labute approximate surface area is 151 Å². The van der Waals surface area contributed by atoms with Gasteiger partial charge in [-0.3, -0.25) is 14.7 Å². The van der Waals surface area contributed by atoms with Crippen LogP contribution in [0.3, 0.4) is 0 Å². The van der Waals surface area contributed by atoms with Gasteiger partial charge in [0.1, 0.15) is 5.82 Å². The largest absolute Gasteiger partial charge is 0.302 e. The van der Waals surface area contributed by atoms with Crippen LogP contribution in [0.15, 0.2) is 18.3 Å². The highest BCUT2D eigenvalue weighted by atomic mass is 32.1. The summed E-state index contributed by atoms with van der Waals surface area (Å²) in [5, 5.41) is 3.38. The van der Waals surface area contributed by atoms with Gasteiger partial charge in [0.2, 0.25) is 5.91 Å². The number of hydrogen-bond acceptors (Lipinski definition) is 5. The summed E-state index contributed by atoms with van der Waals surface area (Å²) in [5.41, 5.74) is 1.44. The molecule has 1 aliphatic rings. The zero-order valence-corrected chi connectivity index (χ0v) is 15.4. The van der Waals surface area contributed by atoms with E-state index in [9.17, 15) is 9.18 Å². The summed E-state index contributed by atoms with van der Waals surface area (Å²) in [5.74, 6) is 0.198. The van der Waals surface area contributed by atoms with Crippen molar-refractivity contribution in [2.24, 2.45) is 5.92 Å². The number of carbonyl (C=O) groups excluding carboxylic acids is 1. The van der Waals surface area contributed by atoms with Crippen molar-refractivity contribution in [2.45, 2.75) is 39.7 Å². The fraction of sp³-hybridized carbons (Fsp3) is 0.500. The quantitative estimate of drug-likeness (QED) is 0.886. The Balaban J connectivity index is 1.56. The SMILES string of the molecule is CC(=O)Nc1ncc(CN2CCCC(Cc3ccc(F)c(C)n3)C2)s1. The molecular weight excluding hydrogens is 339 g/mol. The molecule has 0 spiro atoms. The van der Waals surface area contributed by atoms with Gasteiger partial charge in [0.05, 0.1) is 5.69 Å². The van der Waals surface area contributed by atoms with Crippen molar-refractivity contribution in [3.63, 3.8) is 0 Å². The minimum Gasteiger partial charge on any atom is -0.302 e. The minimum absolute atomic E-state index is 0.0963. The van der Waals surface area contributed by atoms with Crippen LogP contribution in [0.4, 0.5) is 9.52 Å². The summed E-state index contributed by atoms with van der Waals surface area (Å²) >= 11 is 1.52. The summed E-state index contributed by atoms with van der Waals surface area (Å²) in [6.45, 7) is 6.12. The van der Waals surface area contributed by atoms with Crippen LogP contribution in [0, 0.1) is 18.7 Å². The normalized spacial score (nSPS) is 18.3. The van der Waals surface area contributed by atoms with Crippen molar-refractivity contribution in [3.8, 4) is 0 Å². The number of nitrogens with one attached hydrogen (secondary N) is 1. The summed E-state index contributed by atoms with van der Waals surface area (Å²) in [6, 6.07) is 3.31. The van der Waals surface area contributed by atoms with E-state index in [0.717, 1.165) is 43.0 Å².